The minimum atomic E-state index is 0.860. The lowest BCUT2D eigenvalue weighted by molar-refractivity contribution is 0.528. The summed E-state index contributed by atoms with van der Waals surface area (Å²) >= 11 is 0. The van der Waals surface area contributed by atoms with Crippen LogP contribution in [-0.2, 0) is 0 Å². The summed E-state index contributed by atoms with van der Waals surface area (Å²) in [5, 5.41) is 0. The fraction of sp³-hybridized carbons (Fsp3) is 0.583. The largest absolute Gasteiger partial charge is 0.0885 e. The van der Waals surface area contributed by atoms with Crippen molar-refractivity contribution in [3.8, 4) is 0 Å². The van der Waals surface area contributed by atoms with Gasteiger partial charge in [-0.3, -0.25) is 0 Å². The summed E-state index contributed by atoms with van der Waals surface area (Å²) in [5.41, 5.74) is 0. The van der Waals surface area contributed by atoms with E-state index >= 15 is 0 Å². The van der Waals surface area contributed by atoms with Crippen molar-refractivity contribution in [2.24, 2.45) is 5.92 Å². The van der Waals surface area contributed by atoms with E-state index < -0.39 is 0 Å². The lowest BCUT2D eigenvalue weighted by Gasteiger charge is -2.02. The Morgan fingerprint density at radius 2 is 1.00 bits per heavy atom. The van der Waals surface area contributed by atoms with Gasteiger partial charge in [-0.25, -0.2) is 0 Å². The third-order valence-electron chi connectivity index (χ3n) is 3.81. The molecule has 0 heteroatoms. The summed E-state index contributed by atoms with van der Waals surface area (Å²) in [4.78, 5) is 0. The minimum absolute atomic E-state index is 0.860. The molecule has 0 saturated heterocycles. The second-order valence-electron chi connectivity index (χ2n) is 6.74. The first kappa shape index (κ1) is 22.7. The van der Waals surface area contributed by atoms with Gasteiger partial charge in [0.25, 0.3) is 0 Å². The van der Waals surface area contributed by atoms with Crippen LogP contribution in [0.4, 0.5) is 0 Å². The molecule has 0 aromatic heterocycles. The summed E-state index contributed by atoms with van der Waals surface area (Å²) in [6, 6.07) is 0. The molecule has 0 aliphatic carbocycles. The van der Waals surface area contributed by atoms with Crippen LogP contribution in [-0.4, -0.2) is 0 Å². The van der Waals surface area contributed by atoms with Crippen molar-refractivity contribution in [1.29, 1.82) is 0 Å². The molecule has 0 rings (SSSR count). The van der Waals surface area contributed by atoms with Crippen molar-refractivity contribution in [2.75, 3.05) is 0 Å². The summed E-state index contributed by atoms with van der Waals surface area (Å²) in [5.74, 6) is 0.860. The summed E-state index contributed by atoms with van der Waals surface area (Å²) in [6.45, 7) is 6.79. The van der Waals surface area contributed by atoms with Gasteiger partial charge < -0.3 is 0 Å². The smallest absolute Gasteiger partial charge is 0.0169 e. The molecule has 0 spiro atoms. The monoisotopic (exact) mass is 328 g/mol. The van der Waals surface area contributed by atoms with E-state index in [1.807, 2.05) is 0 Å². The molecule has 0 aliphatic rings. The quantitative estimate of drug-likeness (QED) is 0.209. The van der Waals surface area contributed by atoms with Crippen LogP contribution in [0.1, 0.15) is 85.0 Å². The SMILES string of the molecule is CC/C=C\C/C=C\C/C=C\C/C=C\C/C=C\CCCCCC(C)C. The Bertz CT molecular complexity index is 377. The van der Waals surface area contributed by atoms with E-state index in [0.29, 0.717) is 0 Å². The van der Waals surface area contributed by atoms with Crippen molar-refractivity contribution >= 4 is 0 Å². The van der Waals surface area contributed by atoms with Crippen LogP contribution in [0.2, 0.25) is 0 Å². The minimum Gasteiger partial charge on any atom is -0.0885 e. The molecule has 0 N–H and O–H groups in total. The molecule has 136 valence electrons. The topological polar surface area (TPSA) is 0 Å². The Morgan fingerprint density at radius 1 is 0.542 bits per heavy atom. The predicted molar refractivity (Wildman–Crippen MR) is 112 cm³/mol. The Balaban J connectivity index is 3.40. The van der Waals surface area contributed by atoms with Crippen LogP contribution < -0.4 is 0 Å². The van der Waals surface area contributed by atoms with Gasteiger partial charge in [0.1, 0.15) is 0 Å². The maximum atomic E-state index is 2.34. The van der Waals surface area contributed by atoms with Crippen molar-refractivity contribution < 1.29 is 0 Å². The van der Waals surface area contributed by atoms with Crippen molar-refractivity contribution in [3.05, 3.63) is 60.8 Å². The summed E-state index contributed by atoms with van der Waals surface area (Å²) in [7, 11) is 0. The molecule has 0 aromatic carbocycles. The van der Waals surface area contributed by atoms with Gasteiger partial charge in [0.2, 0.25) is 0 Å². The standard InChI is InChI=1S/C24H40/c1-4-5-6-7-8-9-10-11-12-13-14-15-16-17-18-19-20-21-22-23-24(2)3/h5-6,8-9,11-12,14-15,17-18,24H,4,7,10,13,16,19-23H2,1-3H3/b6-5-,9-8-,12-11-,15-14-,18-17-. The van der Waals surface area contributed by atoms with Crippen LogP contribution >= 0.6 is 0 Å². The van der Waals surface area contributed by atoms with E-state index in [2.05, 4.69) is 81.5 Å². The number of hydrogen-bond donors (Lipinski definition) is 0. The van der Waals surface area contributed by atoms with Gasteiger partial charge in [-0.15, -0.1) is 0 Å². The van der Waals surface area contributed by atoms with Crippen LogP contribution in [0.5, 0.6) is 0 Å². The highest BCUT2D eigenvalue weighted by molar-refractivity contribution is 5.00. The molecule has 0 aromatic rings. The second kappa shape index (κ2) is 19.7. The predicted octanol–water partition coefficient (Wildman–Crippen LogP) is 8.34. The Kier molecular flexibility index (Phi) is 18.7. The average Bonchev–Trinajstić information content (AvgIpc) is 2.56. The number of rotatable bonds is 15. The zero-order valence-corrected chi connectivity index (χ0v) is 16.4. The first-order valence-electron chi connectivity index (χ1n) is 10.0. The maximum Gasteiger partial charge on any atom is -0.0169 e. The highest BCUT2D eigenvalue weighted by Crippen LogP contribution is 2.09. The maximum absolute atomic E-state index is 2.34. The van der Waals surface area contributed by atoms with E-state index in [4.69, 9.17) is 0 Å². The zero-order valence-electron chi connectivity index (χ0n) is 16.4. The summed E-state index contributed by atoms with van der Waals surface area (Å²) < 4.78 is 0. The molecule has 0 bridgehead atoms. The molecule has 0 radical (unpaired) electrons. The van der Waals surface area contributed by atoms with E-state index in [-0.39, 0.29) is 0 Å². The van der Waals surface area contributed by atoms with Crippen LogP contribution in [0.15, 0.2) is 60.8 Å². The highest BCUT2D eigenvalue weighted by atomic mass is 14.0. The molecule has 24 heavy (non-hydrogen) atoms. The lowest BCUT2D eigenvalue weighted by atomic mass is 10.0. The van der Waals surface area contributed by atoms with E-state index in [9.17, 15) is 0 Å². The number of allylic oxidation sites excluding steroid dienone is 10. The Morgan fingerprint density at radius 3 is 1.46 bits per heavy atom. The fourth-order valence-corrected chi connectivity index (χ4v) is 2.36. The molecule has 0 nitrogen and oxygen atoms in total. The van der Waals surface area contributed by atoms with Gasteiger partial charge >= 0.3 is 0 Å². The summed E-state index contributed by atoms with van der Waals surface area (Å²) in [6.07, 6.45) is 34.7. The van der Waals surface area contributed by atoms with Crippen molar-refractivity contribution in [1.82, 2.24) is 0 Å². The van der Waals surface area contributed by atoms with Gasteiger partial charge in [-0.1, -0.05) is 101 Å². The molecule has 0 amide bonds. The first-order valence-corrected chi connectivity index (χ1v) is 10.0. The molecule has 0 saturated carbocycles. The van der Waals surface area contributed by atoms with Crippen LogP contribution in [0, 0.1) is 5.92 Å². The highest BCUT2D eigenvalue weighted by Gasteiger charge is 1.92. The van der Waals surface area contributed by atoms with Crippen molar-refractivity contribution in [3.63, 3.8) is 0 Å². The van der Waals surface area contributed by atoms with Gasteiger partial charge in [-0.05, 0) is 50.9 Å². The Labute approximate surface area is 152 Å². The molecular weight excluding hydrogens is 288 g/mol. The number of hydrogen-bond acceptors (Lipinski definition) is 0. The third-order valence-corrected chi connectivity index (χ3v) is 3.81. The second-order valence-corrected chi connectivity index (χ2v) is 6.74. The third kappa shape index (κ3) is 20.7. The van der Waals surface area contributed by atoms with E-state index in [0.717, 1.165) is 38.0 Å². The molecule has 0 atom stereocenters. The van der Waals surface area contributed by atoms with Crippen LogP contribution in [0.3, 0.4) is 0 Å². The normalized spacial score (nSPS) is 13.2. The van der Waals surface area contributed by atoms with Gasteiger partial charge in [0.15, 0.2) is 0 Å². The van der Waals surface area contributed by atoms with Gasteiger partial charge in [0, 0.05) is 0 Å². The first-order chi connectivity index (χ1) is 11.8. The Hall–Kier alpha value is -1.30. The van der Waals surface area contributed by atoms with Gasteiger partial charge in [-0.2, -0.15) is 0 Å². The number of unbranched alkanes of at least 4 members (excludes halogenated alkanes) is 3. The van der Waals surface area contributed by atoms with E-state index in [1.165, 1.54) is 32.1 Å². The molecular formula is C24H40. The molecule has 0 aliphatic heterocycles. The molecule has 0 heterocycles. The van der Waals surface area contributed by atoms with E-state index in [1.54, 1.807) is 0 Å². The molecule has 0 unspecified atom stereocenters. The van der Waals surface area contributed by atoms with Crippen LogP contribution in [0.25, 0.3) is 0 Å². The molecule has 0 fully saturated rings. The van der Waals surface area contributed by atoms with Gasteiger partial charge in [0.05, 0.1) is 0 Å². The zero-order chi connectivity index (χ0) is 17.7. The fourth-order valence-electron chi connectivity index (χ4n) is 2.36. The van der Waals surface area contributed by atoms with Crippen molar-refractivity contribution in [2.45, 2.75) is 85.0 Å². The lowest BCUT2D eigenvalue weighted by Crippen LogP contribution is -1.86. The average molecular weight is 329 g/mol.